The number of nitrogens with zero attached hydrogens (tertiary/aromatic N) is 1. The van der Waals surface area contributed by atoms with E-state index in [2.05, 4.69) is 37.5 Å². The third kappa shape index (κ3) is 4.02. The maximum atomic E-state index is 9.59. The number of phenols is 1. The number of phenolic OH excluding ortho intramolecular Hbond substituents is 1. The van der Waals surface area contributed by atoms with Gasteiger partial charge in [0.05, 0.1) is 5.52 Å². The molecule has 1 aromatic carbocycles. The fourth-order valence-corrected chi connectivity index (χ4v) is 2.15. The van der Waals surface area contributed by atoms with Crippen molar-refractivity contribution >= 4 is 10.9 Å². The van der Waals surface area contributed by atoms with E-state index in [1.54, 1.807) is 6.07 Å². The molecule has 2 rings (SSSR count). The number of allylic oxidation sites excluding steroid dienone is 4. The topological polar surface area (TPSA) is 25.2 Å². The lowest BCUT2D eigenvalue weighted by Crippen LogP contribution is -1.94. The monoisotopic (exact) mass is 271 g/mol. The summed E-state index contributed by atoms with van der Waals surface area (Å²) in [7, 11) is 0. The Labute approximate surface area is 122 Å². The second-order valence-corrected chi connectivity index (χ2v) is 4.60. The highest BCUT2D eigenvalue weighted by atomic mass is 16.3. The van der Waals surface area contributed by atoms with E-state index in [0.29, 0.717) is 5.75 Å². The van der Waals surface area contributed by atoms with Gasteiger partial charge in [0.2, 0.25) is 0 Å². The van der Waals surface area contributed by atoms with Crippen LogP contribution in [0.25, 0.3) is 10.9 Å². The molecule has 0 unspecified atom stereocenters. The molecule has 0 amide bonds. The summed E-state index contributed by atoms with van der Waals surface area (Å²) >= 11 is 0. The fourth-order valence-electron chi connectivity index (χ4n) is 2.15. The van der Waals surface area contributed by atoms with Crippen molar-refractivity contribution in [1.82, 2.24) is 4.57 Å². The molecule has 1 N–H and O–H groups in total. The summed E-state index contributed by atoms with van der Waals surface area (Å²) < 4.78 is 2.19. The summed E-state index contributed by atoms with van der Waals surface area (Å²) in [4.78, 5) is 0. The third-order valence-electron chi connectivity index (χ3n) is 3.12. The van der Waals surface area contributed by atoms with Crippen molar-refractivity contribution in [3.05, 3.63) is 54.3 Å². The van der Waals surface area contributed by atoms with Gasteiger partial charge in [-0.2, -0.15) is 0 Å². The van der Waals surface area contributed by atoms with Crippen LogP contribution >= 0.6 is 0 Å². The smallest absolute Gasteiger partial charge is 0.124 e. The van der Waals surface area contributed by atoms with Crippen molar-refractivity contribution in [2.45, 2.75) is 40.7 Å². The average molecular weight is 271 g/mol. The van der Waals surface area contributed by atoms with Crippen LogP contribution in [0.4, 0.5) is 0 Å². The Hall–Kier alpha value is -1.96. The van der Waals surface area contributed by atoms with E-state index < -0.39 is 0 Å². The molecular weight excluding hydrogens is 246 g/mol. The van der Waals surface area contributed by atoms with Crippen LogP contribution in [-0.4, -0.2) is 9.67 Å². The van der Waals surface area contributed by atoms with Crippen LogP contribution in [0.1, 0.15) is 32.9 Å². The predicted molar refractivity (Wildman–Crippen MR) is 88.3 cm³/mol. The summed E-state index contributed by atoms with van der Waals surface area (Å²) in [6.07, 6.45) is 9.36. The number of benzene rings is 1. The van der Waals surface area contributed by atoms with Crippen LogP contribution in [0.5, 0.6) is 5.75 Å². The first-order chi connectivity index (χ1) is 9.65. The van der Waals surface area contributed by atoms with Crippen molar-refractivity contribution in [1.29, 1.82) is 0 Å². The highest BCUT2D eigenvalue weighted by molar-refractivity contribution is 5.87. The molecule has 0 radical (unpaired) electrons. The molecular formula is C18H25NO. The molecule has 2 nitrogen and oxygen atoms in total. The quantitative estimate of drug-likeness (QED) is 0.762. The van der Waals surface area contributed by atoms with Crippen LogP contribution in [0.2, 0.25) is 0 Å². The number of hydrogen-bond donors (Lipinski definition) is 1. The minimum Gasteiger partial charge on any atom is -0.507 e. The maximum Gasteiger partial charge on any atom is 0.124 e. The molecule has 0 aliphatic rings. The minimum atomic E-state index is 0.368. The number of aromatic nitrogens is 1. The Morgan fingerprint density at radius 1 is 1.20 bits per heavy atom. The number of aromatic hydroxyl groups is 1. The molecule has 2 aromatic rings. The highest BCUT2D eigenvalue weighted by Gasteiger charge is 2.06. The van der Waals surface area contributed by atoms with Crippen molar-refractivity contribution in [3.63, 3.8) is 0 Å². The van der Waals surface area contributed by atoms with Gasteiger partial charge in [-0.3, -0.25) is 0 Å². The van der Waals surface area contributed by atoms with E-state index in [-0.39, 0.29) is 0 Å². The van der Waals surface area contributed by atoms with E-state index in [0.717, 1.165) is 23.9 Å². The summed E-state index contributed by atoms with van der Waals surface area (Å²) in [6.45, 7) is 9.25. The van der Waals surface area contributed by atoms with Crippen LogP contribution in [0, 0.1) is 6.92 Å². The molecule has 1 heterocycles. The second-order valence-electron chi connectivity index (χ2n) is 4.60. The van der Waals surface area contributed by atoms with Crippen LogP contribution in [0.15, 0.2) is 48.6 Å². The SMILES string of the molecule is C/C=C\C=C/CC.CCn1c(C)cc2c(O)cccc21. The molecule has 0 fully saturated rings. The number of fused-ring (bicyclic) bond motifs is 1. The number of rotatable bonds is 3. The molecule has 108 valence electrons. The summed E-state index contributed by atoms with van der Waals surface area (Å²) in [6, 6.07) is 7.66. The molecule has 0 bridgehead atoms. The second kappa shape index (κ2) is 8.26. The largest absolute Gasteiger partial charge is 0.507 e. The molecule has 0 saturated heterocycles. The lowest BCUT2D eigenvalue weighted by atomic mass is 10.2. The van der Waals surface area contributed by atoms with Gasteiger partial charge in [0.1, 0.15) is 5.75 Å². The highest BCUT2D eigenvalue weighted by Crippen LogP contribution is 2.27. The van der Waals surface area contributed by atoms with Crippen molar-refractivity contribution in [2.75, 3.05) is 0 Å². The average Bonchev–Trinajstić information content (AvgIpc) is 2.77. The molecule has 0 saturated carbocycles. The summed E-state index contributed by atoms with van der Waals surface area (Å²) in [5.41, 5.74) is 2.30. The molecule has 0 spiro atoms. The van der Waals surface area contributed by atoms with Crippen molar-refractivity contribution < 1.29 is 5.11 Å². The molecule has 0 atom stereocenters. The van der Waals surface area contributed by atoms with E-state index in [1.807, 2.05) is 37.3 Å². The first-order valence-corrected chi connectivity index (χ1v) is 7.21. The Kier molecular flexibility index (Phi) is 6.65. The first-order valence-electron chi connectivity index (χ1n) is 7.21. The lowest BCUT2D eigenvalue weighted by Gasteiger charge is -2.03. The van der Waals surface area contributed by atoms with Gasteiger partial charge in [-0.15, -0.1) is 0 Å². The van der Waals surface area contributed by atoms with E-state index >= 15 is 0 Å². The fraction of sp³-hybridized carbons (Fsp3) is 0.333. The lowest BCUT2D eigenvalue weighted by molar-refractivity contribution is 0.481. The number of hydrogen-bond acceptors (Lipinski definition) is 1. The summed E-state index contributed by atoms with van der Waals surface area (Å²) in [5, 5.41) is 10.5. The van der Waals surface area contributed by atoms with E-state index in [9.17, 15) is 5.11 Å². The van der Waals surface area contributed by atoms with Crippen molar-refractivity contribution in [2.24, 2.45) is 0 Å². The normalized spacial score (nSPS) is 11.2. The van der Waals surface area contributed by atoms with Gasteiger partial charge in [0.15, 0.2) is 0 Å². The molecule has 2 heteroatoms. The minimum absolute atomic E-state index is 0.368. The Bertz CT molecular complexity index is 591. The summed E-state index contributed by atoms with van der Waals surface area (Å²) in [5.74, 6) is 0.368. The predicted octanol–water partition coefficient (Wildman–Crippen LogP) is 5.20. The Morgan fingerprint density at radius 2 is 1.95 bits per heavy atom. The third-order valence-corrected chi connectivity index (χ3v) is 3.12. The Morgan fingerprint density at radius 3 is 2.55 bits per heavy atom. The Balaban J connectivity index is 0.000000246. The van der Waals surface area contributed by atoms with Crippen molar-refractivity contribution in [3.8, 4) is 5.75 Å². The standard InChI is InChI=1S/C11H13NO.C7H12/c1-3-12-8(2)7-9-10(12)5-4-6-11(9)13;1-3-5-7-6-4-2/h4-7,13H,3H2,1-2H3;3,5-7H,4H2,1-2H3/b;5-3-,7-6-. The van der Waals surface area contributed by atoms with Gasteiger partial charge in [0, 0.05) is 17.6 Å². The van der Waals surface area contributed by atoms with Gasteiger partial charge < -0.3 is 9.67 Å². The van der Waals surface area contributed by atoms with Crippen LogP contribution in [-0.2, 0) is 6.54 Å². The van der Waals surface area contributed by atoms with Crippen LogP contribution in [0.3, 0.4) is 0 Å². The zero-order valence-corrected chi connectivity index (χ0v) is 12.9. The number of aryl methyl sites for hydroxylation is 2. The molecule has 1 aromatic heterocycles. The zero-order chi connectivity index (χ0) is 15.0. The molecule has 0 aliphatic heterocycles. The van der Waals surface area contributed by atoms with Gasteiger partial charge in [-0.1, -0.05) is 37.3 Å². The van der Waals surface area contributed by atoms with E-state index in [1.165, 1.54) is 5.69 Å². The van der Waals surface area contributed by atoms with Gasteiger partial charge in [0.25, 0.3) is 0 Å². The van der Waals surface area contributed by atoms with Gasteiger partial charge in [-0.05, 0) is 45.4 Å². The molecule has 20 heavy (non-hydrogen) atoms. The van der Waals surface area contributed by atoms with Gasteiger partial charge in [-0.25, -0.2) is 0 Å². The van der Waals surface area contributed by atoms with E-state index in [4.69, 9.17) is 0 Å². The first kappa shape index (κ1) is 16.1. The van der Waals surface area contributed by atoms with Gasteiger partial charge >= 0.3 is 0 Å². The zero-order valence-electron chi connectivity index (χ0n) is 12.9. The maximum absolute atomic E-state index is 9.59. The molecule has 0 aliphatic carbocycles. The van der Waals surface area contributed by atoms with Crippen LogP contribution < -0.4 is 0 Å².